The molecular formula is C34H45N7O4. The van der Waals surface area contributed by atoms with Crippen LogP contribution in [0.15, 0.2) is 47.3 Å². The fraction of sp³-hybridized carbons (Fsp3) is 0.559. The lowest BCUT2D eigenvalue weighted by Gasteiger charge is -2.28. The van der Waals surface area contributed by atoms with Crippen LogP contribution in [0.2, 0.25) is 0 Å². The fourth-order valence-electron chi connectivity index (χ4n) is 7.55. The van der Waals surface area contributed by atoms with Crippen LogP contribution in [0.5, 0.6) is 0 Å². The number of pyridine rings is 1. The van der Waals surface area contributed by atoms with E-state index in [-0.39, 0.29) is 24.2 Å². The molecule has 240 valence electrons. The van der Waals surface area contributed by atoms with Crippen molar-refractivity contribution in [2.24, 2.45) is 0 Å². The highest BCUT2D eigenvalue weighted by Crippen LogP contribution is 2.35. The molecule has 3 aromatic rings. The Morgan fingerprint density at radius 1 is 0.844 bits per heavy atom. The Balaban J connectivity index is 1.38. The van der Waals surface area contributed by atoms with Gasteiger partial charge in [0.2, 0.25) is 0 Å². The van der Waals surface area contributed by atoms with E-state index in [0.717, 1.165) is 73.7 Å². The van der Waals surface area contributed by atoms with Crippen molar-refractivity contribution in [3.05, 3.63) is 64.2 Å². The number of carbonyl (C=O) groups is 1. The number of amides is 1. The van der Waals surface area contributed by atoms with E-state index in [2.05, 4.69) is 15.1 Å². The number of benzene rings is 1. The van der Waals surface area contributed by atoms with Gasteiger partial charge in [0.05, 0.1) is 24.4 Å². The van der Waals surface area contributed by atoms with E-state index in [4.69, 9.17) is 4.98 Å². The number of rotatable bonds is 7. The van der Waals surface area contributed by atoms with Crippen LogP contribution in [0.3, 0.4) is 0 Å². The number of piperazine rings is 1. The Morgan fingerprint density at radius 2 is 1.47 bits per heavy atom. The molecule has 1 saturated carbocycles. The van der Waals surface area contributed by atoms with Crippen LogP contribution in [0, 0.1) is 0 Å². The van der Waals surface area contributed by atoms with Gasteiger partial charge in [0.25, 0.3) is 5.91 Å². The van der Waals surface area contributed by atoms with Crippen molar-refractivity contribution in [2.75, 3.05) is 62.2 Å². The van der Waals surface area contributed by atoms with Crippen molar-refractivity contribution in [1.29, 1.82) is 0 Å². The molecule has 1 aromatic carbocycles. The number of aliphatic hydroxyl groups excluding tert-OH is 2. The molecule has 1 aliphatic carbocycles. The largest absolute Gasteiger partial charge is 0.391 e. The first-order chi connectivity index (χ1) is 22.0. The zero-order valence-electron chi connectivity index (χ0n) is 26.0. The minimum Gasteiger partial charge on any atom is -0.391 e. The number of nitrogens with zero attached hydrogens (tertiary/aromatic N) is 6. The number of nitrogens with one attached hydrogen (secondary N) is 1. The number of anilines is 2. The molecule has 2 atom stereocenters. The summed E-state index contributed by atoms with van der Waals surface area (Å²) < 4.78 is 3.64. The van der Waals surface area contributed by atoms with Crippen LogP contribution in [0.1, 0.15) is 67.0 Å². The molecule has 4 fully saturated rings. The number of carbonyl (C=O) groups excluding carboxylic acids is 1. The molecule has 5 heterocycles. The second-order valence-corrected chi connectivity index (χ2v) is 13.1. The number of β-amino-alcohol motifs (C(OH)–C–C–N with tert-alkyl or cyclic N) is 2. The SMILES string of the molecule is O=C(c1c(-c2ccccc2)n(C2CCCCC2)c(=O)n1Cc1cc(N2CC[C@@H](O)C2)nc(N2CC[C@@H](O)C2)c1)N1CCNCC1. The molecule has 45 heavy (non-hydrogen) atoms. The summed E-state index contributed by atoms with van der Waals surface area (Å²) in [6.45, 7) is 5.25. The maximum Gasteiger partial charge on any atom is 0.329 e. The Kier molecular flexibility index (Phi) is 8.66. The molecule has 0 unspecified atom stereocenters. The summed E-state index contributed by atoms with van der Waals surface area (Å²) in [4.78, 5) is 40.2. The third-order valence-corrected chi connectivity index (χ3v) is 9.94. The molecule has 0 bridgehead atoms. The third-order valence-electron chi connectivity index (χ3n) is 9.94. The number of imidazole rings is 1. The van der Waals surface area contributed by atoms with Crippen LogP contribution in [0.25, 0.3) is 11.3 Å². The first kappa shape index (κ1) is 30.0. The number of aliphatic hydroxyl groups is 2. The molecule has 7 rings (SSSR count). The highest BCUT2D eigenvalue weighted by molar-refractivity contribution is 5.99. The molecule has 3 saturated heterocycles. The van der Waals surface area contributed by atoms with Gasteiger partial charge in [-0.1, -0.05) is 49.6 Å². The zero-order chi connectivity index (χ0) is 30.9. The second-order valence-electron chi connectivity index (χ2n) is 13.1. The van der Waals surface area contributed by atoms with E-state index in [0.29, 0.717) is 57.8 Å². The van der Waals surface area contributed by atoms with Crippen molar-refractivity contribution in [2.45, 2.75) is 69.7 Å². The smallest absolute Gasteiger partial charge is 0.329 e. The summed E-state index contributed by atoms with van der Waals surface area (Å²) in [5.41, 5.74) is 2.77. The average molecular weight is 616 g/mol. The Bertz CT molecular complexity index is 1520. The van der Waals surface area contributed by atoms with E-state index in [9.17, 15) is 19.8 Å². The van der Waals surface area contributed by atoms with Gasteiger partial charge < -0.3 is 30.2 Å². The maximum atomic E-state index is 14.7. The highest BCUT2D eigenvalue weighted by atomic mass is 16.3. The molecule has 0 radical (unpaired) electrons. The van der Waals surface area contributed by atoms with Gasteiger partial charge in [-0.05, 0) is 43.4 Å². The molecule has 0 spiro atoms. The lowest BCUT2D eigenvalue weighted by Crippen LogP contribution is -2.47. The minimum absolute atomic E-state index is 0.0398. The minimum atomic E-state index is -0.406. The Labute approximate surface area is 264 Å². The summed E-state index contributed by atoms with van der Waals surface area (Å²) in [6, 6.07) is 14.0. The summed E-state index contributed by atoms with van der Waals surface area (Å²) >= 11 is 0. The van der Waals surface area contributed by atoms with Crippen molar-refractivity contribution in [3.63, 3.8) is 0 Å². The van der Waals surface area contributed by atoms with Gasteiger partial charge in [0.15, 0.2) is 0 Å². The monoisotopic (exact) mass is 615 g/mol. The van der Waals surface area contributed by atoms with Gasteiger partial charge in [0.1, 0.15) is 17.3 Å². The number of aromatic nitrogens is 3. The third kappa shape index (κ3) is 6.13. The van der Waals surface area contributed by atoms with Gasteiger partial charge in [-0.25, -0.2) is 9.78 Å². The van der Waals surface area contributed by atoms with Crippen molar-refractivity contribution in [1.82, 2.24) is 24.3 Å². The van der Waals surface area contributed by atoms with Crippen LogP contribution in [0.4, 0.5) is 11.6 Å². The lowest BCUT2D eigenvalue weighted by molar-refractivity contribution is 0.0725. The zero-order valence-corrected chi connectivity index (χ0v) is 26.0. The molecule has 11 heteroatoms. The Morgan fingerprint density at radius 3 is 2.04 bits per heavy atom. The lowest BCUT2D eigenvalue weighted by atomic mass is 9.94. The summed E-state index contributed by atoms with van der Waals surface area (Å²) in [5, 5.41) is 23.9. The maximum absolute atomic E-state index is 14.7. The van der Waals surface area contributed by atoms with Crippen molar-refractivity contribution in [3.8, 4) is 11.3 Å². The predicted octanol–water partition coefficient (Wildman–Crippen LogP) is 2.45. The molecule has 4 aliphatic rings. The van der Waals surface area contributed by atoms with Gasteiger partial charge in [-0.3, -0.25) is 13.9 Å². The van der Waals surface area contributed by atoms with Crippen LogP contribution >= 0.6 is 0 Å². The molecule has 1 amide bonds. The van der Waals surface area contributed by atoms with Gasteiger partial charge >= 0.3 is 5.69 Å². The molecular weight excluding hydrogens is 570 g/mol. The normalized spacial score (nSPS) is 22.8. The quantitative estimate of drug-likeness (QED) is 0.371. The number of hydrogen-bond acceptors (Lipinski definition) is 8. The molecule has 2 aromatic heterocycles. The van der Waals surface area contributed by atoms with E-state index < -0.39 is 12.2 Å². The van der Waals surface area contributed by atoms with Gasteiger partial charge in [-0.15, -0.1) is 0 Å². The fourth-order valence-corrected chi connectivity index (χ4v) is 7.55. The Hall–Kier alpha value is -3.67. The predicted molar refractivity (Wildman–Crippen MR) is 174 cm³/mol. The van der Waals surface area contributed by atoms with E-state index in [1.165, 1.54) is 0 Å². The standard InChI is InChI=1S/C34H45N7O4/c42-27-11-15-38(22-27)29-19-24(20-30(36-29)39-16-12-28(43)23-39)21-40-32(33(44)37-17-13-35-14-18-37)31(25-7-3-1-4-8-25)41(34(40)45)26-9-5-2-6-10-26/h1,3-4,7-8,19-20,26-28,35,42-43H,2,5-6,9-18,21-23H2/t27-,28-/m1/s1. The summed E-state index contributed by atoms with van der Waals surface area (Å²) in [7, 11) is 0. The molecule has 11 nitrogen and oxygen atoms in total. The molecule has 3 aliphatic heterocycles. The highest BCUT2D eigenvalue weighted by Gasteiger charge is 2.34. The van der Waals surface area contributed by atoms with Crippen LogP contribution in [-0.4, -0.2) is 99.7 Å². The van der Waals surface area contributed by atoms with Crippen LogP contribution < -0.4 is 20.8 Å². The van der Waals surface area contributed by atoms with Crippen LogP contribution in [-0.2, 0) is 6.54 Å². The van der Waals surface area contributed by atoms with Crippen molar-refractivity contribution >= 4 is 17.5 Å². The topological polar surface area (TPSA) is 119 Å². The average Bonchev–Trinajstić information content (AvgIpc) is 3.79. The summed E-state index contributed by atoms with van der Waals surface area (Å²) in [6.07, 6.45) is 5.68. The first-order valence-corrected chi connectivity index (χ1v) is 16.7. The van der Waals surface area contributed by atoms with Gasteiger partial charge in [0, 0.05) is 64.0 Å². The van der Waals surface area contributed by atoms with E-state index >= 15 is 0 Å². The second kappa shape index (κ2) is 13.0. The first-order valence-electron chi connectivity index (χ1n) is 16.7. The molecule has 3 N–H and O–H groups in total. The van der Waals surface area contributed by atoms with E-state index in [1.807, 2.05) is 51.9 Å². The van der Waals surface area contributed by atoms with Gasteiger partial charge in [-0.2, -0.15) is 0 Å². The summed E-state index contributed by atoms with van der Waals surface area (Å²) in [5.74, 6) is 1.39. The van der Waals surface area contributed by atoms with Crippen molar-refractivity contribution < 1.29 is 15.0 Å². The number of hydrogen-bond donors (Lipinski definition) is 3. The van der Waals surface area contributed by atoms with E-state index in [1.54, 1.807) is 4.57 Å².